The van der Waals surface area contributed by atoms with Gasteiger partial charge in [-0.1, -0.05) is 12.1 Å². The van der Waals surface area contributed by atoms with Crippen LogP contribution in [0.4, 0.5) is 15.8 Å². The van der Waals surface area contributed by atoms with Crippen molar-refractivity contribution in [3.63, 3.8) is 0 Å². The fraction of sp³-hybridized carbons (Fsp3) is 0.350. The van der Waals surface area contributed by atoms with Gasteiger partial charge in [-0.15, -0.1) is 0 Å². The molecule has 142 valence electrons. The van der Waals surface area contributed by atoms with E-state index in [1.807, 2.05) is 17.0 Å². The third-order valence-electron chi connectivity index (χ3n) is 4.76. The van der Waals surface area contributed by atoms with Crippen LogP contribution in [0.1, 0.15) is 0 Å². The number of hydrogen-bond acceptors (Lipinski definition) is 5. The highest BCUT2D eigenvalue weighted by Gasteiger charge is 2.21. The molecule has 0 aromatic heterocycles. The molecule has 2 aliphatic heterocycles. The Labute approximate surface area is 157 Å². The van der Waals surface area contributed by atoms with E-state index in [-0.39, 0.29) is 11.7 Å². The molecule has 7 heteroatoms. The first-order valence-corrected chi connectivity index (χ1v) is 9.10. The minimum absolute atomic E-state index is 0.0778. The number of carbonyl (C=O) groups excluding carboxylic acids is 1. The lowest BCUT2D eigenvalue weighted by Gasteiger charge is -2.35. The number of amides is 1. The molecule has 0 radical (unpaired) electrons. The molecule has 6 nitrogen and oxygen atoms in total. The van der Waals surface area contributed by atoms with Crippen molar-refractivity contribution >= 4 is 17.3 Å². The molecule has 2 heterocycles. The molecule has 0 unspecified atom stereocenters. The molecule has 1 fully saturated rings. The van der Waals surface area contributed by atoms with Gasteiger partial charge in [0.15, 0.2) is 11.5 Å². The van der Waals surface area contributed by atoms with Gasteiger partial charge in [-0.05, 0) is 24.3 Å². The number of anilines is 2. The van der Waals surface area contributed by atoms with E-state index in [2.05, 4.69) is 10.2 Å². The summed E-state index contributed by atoms with van der Waals surface area (Å²) in [5.41, 5.74) is 1.31. The zero-order valence-corrected chi connectivity index (χ0v) is 15.0. The average Bonchev–Trinajstić information content (AvgIpc) is 2.69. The lowest BCUT2D eigenvalue weighted by atomic mass is 10.2. The van der Waals surface area contributed by atoms with Crippen LogP contribution in [-0.4, -0.2) is 56.7 Å². The number of nitrogens with one attached hydrogen (secondary N) is 1. The number of carbonyl (C=O) groups is 1. The Balaban J connectivity index is 1.29. The van der Waals surface area contributed by atoms with E-state index < -0.39 is 0 Å². The molecule has 0 aliphatic carbocycles. The first-order chi connectivity index (χ1) is 13.2. The Morgan fingerprint density at radius 2 is 1.74 bits per heavy atom. The number of para-hydroxylation sites is 1. The summed E-state index contributed by atoms with van der Waals surface area (Å²) in [6.07, 6.45) is 0. The van der Waals surface area contributed by atoms with Crippen LogP contribution in [-0.2, 0) is 4.79 Å². The Morgan fingerprint density at radius 3 is 2.52 bits per heavy atom. The normalized spacial score (nSPS) is 16.9. The number of hydrogen-bond donors (Lipinski definition) is 1. The molecule has 2 aromatic carbocycles. The van der Waals surface area contributed by atoms with Crippen LogP contribution in [0.15, 0.2) is 42.5 Å². The lowest BCUT2D eigenvalue weighted by Crippen LogP contribution is -2.48. The van der Waals surface area contributed by atoms with Crippen molar-refractivity contribution in [2.24, 2.45) is 0 Å². The van der Waals surface area contributed by atoms with Gasteiger partial charge in [0, 0.05) is 37.9 Å². The highest BCUT2D eigenvalue weighted by Crippen LogP contribution is 2.32. The highest BCUT2D eigenvalue weighted by atomic mass is 19.1. The van der Waals surface area contributed by atoms with Crippen molar-refractivity contribution in [3.8, 4) is 11.5 Å². The summed E-state index contributed by atoms with van der Waals surface area (Å²) in [6, 6.07) is 12.2. The third-order valence-corrected chi connectivity index (χ3v) is 4.76. The Morgan fingerprint density at radius 1 is 1.00 bits per heavy atom. The predicted octanol–water partition coefficient (Wildman–Crippen LogP) is 2.36. The summed E-state index contributed by atoms with van der Waals surface area (Å²) in [4.78, 5) is 16.4. The lowest BCUT2D eigenvalue weighted by molar-refractivity contribution is -0.117. The van der Waals surface area contributed by atoms with Gasteiger partial charge in [-0.3, -0.25) is 9.69 Å². The van der Waals surface area contributed by atoms with Crippen molar-refractivity contribution in [3.05, 3.63) is 48.3 Å². The van der Waals surface area contributed by atoms with Gasteiger partial charge in [0.2, 0.25) is 5.91 Å². The summed E-state index contributed by atoms with van der Waals surface area (Å²) in [5, 5.41) is 2.90. The van der Waals surface area contributed by atoms with E-state index in [9.17, 15) is 9.18 Å². The summed E-state index contributed by atoms with van der Waals surface area (Å²) >= 11 is 0. The van der Waals surface area contributed by atoms with Gasteiger partial charge < -0.3 is 19.7 Å². The minimum atomic E-state index is -0.206. The molecule has 1 N–H and O–H groups in total. The van der Waals surface area contributed by atoms with Crippen LogP contribution in [0.25, 0.3) is 0 Å². The van der Waals surface area contributed by atoms with Crippen molar-refractivity contribution in [1.29, 1.82) is 0 Å². The molecule has 2 aliphatic rings. The van der Waals surface area contributed by atoms with Gasteiger partial charge in [0.1, 0.15) is 19.0 Å². The maximum absolute atomic E-state index is 13.9. The van der Waals surface area contributed by atoms with Crippen LogP contribution in [0.2, 0.25) is 0 Å². The second-order valence-corrected chi connectivity index (χ2v) is 6.62. The van der Waals surface area contributed by atoms with Crippen LogP contribution in [0.3, 0.4) is 0 Å². The van der Waals surface area contributed by atoms with Crippen molar-refractivity contribution in [1.82, 2.24) is 4.90 Å². The van der Waals surface area contributed by atoms with Gasteiger partial charge in [0.05, 0.1) is 12.2 Å². The number of ether oxygens (including phenoxy) is 2. The van der Waals surface area contributed by atoms with E-state index in [0.717, 1.165) is 0 Å². The van der Waals surface area contributed by atoms with Gasteiger partial charge >= 0.3 is 0 Å². The van der Waals surface area contributed by atoms with E-state index in [4.69, 9.17) is 9.47 Å². The SMILES string of the molecule is O=C(CN1CCN(c2ccccc2F)CC1)Nc1ccc2c(c1)OCCO2. The Kier molecular flexibility index (Phi) is 5.11. The fourth-order valence-electron chi connectivity index (χ4n) is 3.38. The van der Waals surface area contributed by atoms with Crippen molar-refractivity contribution in [2.45, 2.75) is 0 Å². The fourth-order valence-corrected chi connectivity index (χ4v) is 3.38. The molecular formula is C20H22FN3O3. The third kappa shape index (κ3) is 4.14. The maximum Gasteiger partial charge on any atom is 0.238 e. The molecule has 2 aromatic rings. The first kappa shape index (κ1) is 17.6. The Hall–Kier alpha value is -2.80. The number of piperazine rings is 1. The first-order valence-electron chi connectivity index (χ1n) is 9.10. The molecule has 0 spiro atoms. The van der Waals surface area contributed by atoms with E-state index >= 15 is 0 Å². The average molecular weight is 371 g/mol. The summed E-state index contributed by atoms with van der Waals surface area (Å²) in [7, 11) is 0. The quantitative estimate of drug-likeness (QED) is 0.894. The standard InChI is InChI=1S/C20H22FN3O3/c21-16-3-1-2-4-17(16)24-9-7-23(8-10-24)14-20(25)22-15-5-6-18-19(13-15)27-12-11-26-18/h1-6,13H,7-12,14H2,(H,22,25). The van der Waals surface area contributed by atoms with Crippen LogP contribution in [0, 0.1) is 5.82 Å². The molecule has 1 amide bonds. The molecular weight excluding hydrogens is 349 g/mol. The molecule has 0 atom stereocenters. The largest absolute Gasteiger partial charge is 0.486 e. The molecule has 4 rings (SSSR count). The van der Waals surface area contributed by atoms with E-state index in [1.54, 1.807) is 24.3 Å². The second-order valence-electron chi connectivity index (χ2n) is 6.62. The maximum atomic E-state index is 13.9. The molecule has 27 heavy (non-hydrogen) atoms. The van der Waals surface area contributed by atoms with Gasteiger partial charge in [0.25, 0.3) is 0 Å². The van der Waals surface area contributed by atoms with Crippen LogP contribution < -0.4 is 19.7 Å². The summed E-state index contributed by atoms with van der Waals surface area (Å²) in [5.74, 6) is 1.06. The van der Waals surface area contributed by atoms with E-state index in [1.165, 1.54) is 6.07 Å². The smallest absolute Gasteiger partial charge is 0.238 e. The molecule has 1 saturated heterocycles. The number of benzene rings is 2. The monoisotopic (exact) mass is 371 g/mol. The predicted molar refractivity (Wildman–Crippen MR) is 101 cm³/mol. The van der Waals surface area contributed by atoms with Gasteiger partial charge in [-0.2, -0.15) is 0 Å². The van der Waals surface area contributed by atoms with Crippen LogP contribution >= 0.6 is 0 Å². The van der Waals surface area contributed by atoms with Crippen LogP contribution in [0.5, 0.6) is 11.5 Å². The topological polar surface area (TPSA) is 54.0 Å². The Bertz CT molecular complexity index is 822. The zero-order valence-electron chi connectivity index (χ0n) is 15.0. The summed E-state index contributed by atoms with van der Waals surface area (Å²) in [6.45, 7) is 4.16. The van der Waals surface area contributed by atoms with E-state index in [0.29, 0.717) is 68.8 Å². The number of nitrogens with zero attached hydrogens (tertiary/aromatic N) is 2. The number of halogens is 1. The molecule has 0 bridgehead atoms. The zero-order chi connectivity index (χ0) is 18.6. The van der Waals surface area contributed by atoms with Crippen molar-refractivity contribution in [2.75, 3.05) is 56.2 Å². The van der Waals surface area contributed by atoms with Crippen molar-refractivity contribution < 1.29 is 18.7 Å². The highest BCUT2D eigenvalue weighted by molar-refractivity contribution is 5.92. The minimum Gasteiger partial charge on any atom is -0.486 e. The van der Waals surface area contributed by atoms with Gasteiger partial charge in [-0.25, -0.2) is 4.39 Å². The second kappa shape index (κ2) is 7.84. The number of fused-ring (bicyclic) bond motifs is 1. The molecule has 0 saturated carbocycles. The number of rotatable bonds is 4. The summed E-state index contributed by atoms with van der Waals surface area (Å²) < 4.78 is 24.9.